The highest BCUT2D eigenvalue weighted by molar-refractivity contribution is 8.07. The summed E-state index contributed by atoms with van der Waals surface area (Å²) in [7, 11) is 0. The SMILES string of the molecule is CC(C)[C@H](C(=O)OC(C#N)c1cccc(Oc2ccccc2)c1)c1ccc(OC(F)F)cc1.CCOP(=S)(OCC)Oc1nc(Cl)c(Cl)cc1Cl. The summed E-state index contributed by atoms with van der Waals surface area (Å²) in [6.45, 7) is 2.11. The number of esters is 1. The lowest BCUT2D eigenvalue weighted by atomic mass is 9.88. The molecule has 0 fully saturated rings. The van der Waals surface area contributed by atoms with Gasteiger partial charge in [0.1, 0.15) is 28.3 Å². The van der Waals surface area contributed by atoms with Gasteiger partial charge in [-0.3, -0.25) is 13.8 Å². The van der Waals surface area contributed by atoms with E-state index in [1.807, 2.05) is 38.1 Å². The highest BCUT2D eigenvalue weighted by Gasteiger charge is 2.29. The maximum atomic E-state index is 13.0. The lowest BCUT2D eigenvalue weighted by Crippen LogP contribution is -2.22. The molecule has 0 aliphatic rings. The van der Waals surface area contributed by atoms with Gasteiger partial charge in [0, 0.05) is 17.4 Å². The second kappa shape index (κ2) is 20.5. The predicted octanol–water partition coefficient (Wildman–Crippen LogP) is 11.3. The molecule has 9 nitrogen and oxygen atoms in total. The van der Waals surface area contributed by atoms with Gasteiger partial charge in [-0.25, -0.2) is 0 Å². The third kappa shape index (κ3) is 13.2. The first-order chi connectivity index (χ1) is 24.3. The first kappa shape index (κ1) is 41.9. The normalized spacial score (nSPS) is 12.3. The monoisotopic (exact) mass is 800 g/mol. The number of benzene rings is 3. The zero-order valence-electron chi connectivity index (χ0n) is 27.8. The summed E-state index contributed by atoms with van der Waals surface area (Å²) in [4.78, 5) is 16.9. The van der Waals surface area contributed by atoms with E-state index in [1.54, 1.807) is 62.4 Å². The summed E-state index contributed by atoms with van der Waals surface area (Å²) in [5.41, 5.74) is 1.05. The van der Waals surface area contributed by atoms with E-state index in [4.69, 9.17) is 69.7 Å². The summed E-state index contributed by atoms with van der Waals surface area (Å²) in [6.07, 6.45) is -1.14. The minimum absolute atomic E-state index is 0.00486. The zero-order valence-corrected chi connectivity index (χ0v) is 31.8. The number of pyridine rings is 1. The van der Waals surface area contributed by atoms with Crippen molar-refractivity contribution in [2.24, 2.45) is 5.92 Å². The van der Waals surface area contributed by atoms with E-state index >= 15 is 0 Å². The van der Waals surface area contributed by atoms with Crippen LogP contribution in [0.2, 0.25) is 15.2 Å². The number of ether oxygens (including phenoxy) is 3. The van der Waals surface area contributed by atoms with Crippen molar-refractivity contribution >= 4 is 59.3 Å². The van der Waals surface area contributed by atoms with Gasteiger partial charge in [-0.2, -0.15) is 19.0 Å². The van der Waals surface area contributed by atoms with Crippen molar-refractivity contribution in [3.63, 3.8) is 0 Å². The fraction of sp³-hybridized carbons (Fsp3) is 0.286. The molecule has 4 rings (SSSR count). The van der Waals surface area contributed by atoms with Crippen LogP contribution in [-0.2, 0) is 30.4 Å². The second-order valence-electron chi connectivity index (χ2n) is 10.5. The first-order valence-corrected chi connectivity index (χ1v) is 19.1. The molecule has 16 heteroatoms. The maximum Gasteiger partial charge on any atom is 0.387 e. The summed E-state index contributed by atoms with van der Waals surface area (Å²) in [5.74, 6) is -0.250. The molecular formula is C35H34Cl3F2N2O7PS. The maximum absolute atomic E-state index is 13.0. The van der Waals surface area contributed by atoms with Crippen LogP contribution in [-0.4, -0.2) is 30.8 Å². The number of rotatable bonds is 15. The minimum atomic E-state index is -2.93. The van der Waals surface area contributed by atoms with Crippen LogP contribution in [0.25, 0.3) is 0 Å². The smallest absolute Gasteiger partial charge is 0.387 e. The standard InChI is InChI=1S/C26H23F2NO4.C9H11Cl3NO3PS/c1-17(2)24(18-11-13-21(14-12-18)32-26(27)28)25(30)33-23(16-29)19-7-6-10-22(15-19)31-20-8-4-3-5-9-20;1-3-14-17(18,15-4-2)16-9-7(11)5-6(10)8(12)13-9/h3-15,17,23-24,26H,1-2H3;5H,3-4H2,1-2H3/t23?,24-;/m0./s1. The van der Waals surface area contributed by atoms with Gasteiger partial charge in [-0.15, -0.1) is 0 Å². The topological polar surface area (TPSA) is 109 Å². The van der Waals surface area contributed by atoms with Crippen molar-refractivity contribution in [1.82, 2.24) is 4.98 Å². The number of carbonyl (C=O) groups is 1. The van der Waals surface area contributed by atoms with E-state index in [-0.39, 0.29) is 32.7 Å². The number of nitriles is 1. The molecule has 0 amide bonds. The Bertz CT molecular complexity index is 1810. The molecule has 0 bridgehead atoms. The van der Waals surface area contributed by atoms with Crippen LogP contribution in [0.3, 0.4) is 0 Å². The molecule has 51 heavy (non-hydrogen) atoms. The fourth-order valence-electron chi connectivity index (χ4n) is 4.38. The molecule has 272 valence electrons. The summed E-state index contributed by atoms with van der Waals surface area (Å²) in [5, 5.41) is 10.2. The molecule has 0 saturated heterocycles. The lowest BCUT2D eigenvalue weighted by molar-refractivity contribution is -0.150. The Balaban J connectivity index is 0.000000330. The van der Waals surface area contributed by atoms with Crippen molar-refractivity contribution < 1.29 is 41.4 Å². The van der Waals surface area contributed by atoms with Crippen LogP contribution in [0.15, 0.2) is 84.9 Å². The van der Waals surface area contributed by atoms with Crippen molar-refractivity contribution in [3.8, 4) is 29.2 Å². The molecule has 0 aliphatic carbocycles. The summed E-state index contributed by atoms with van der Waals surface area (Å²) >= 11 is 22.7. The van der Waals surface area contributed by atoms with E-state index in [9.17, 15) is 18.8 Å². The molecule has 0 N–H and O–H groups in total. The van der Waals surface area contributed by atoms with Gasteiger partial charge in [0.25, 0.3) is 0 Å². The Hall–Kier alpha value is -3.53. The van der Waals surface area contributed by atoms with Gasteiger partial charge in [-0.1, -0.05) is 91.1 Å². The average Bonchev–Trinajstić information content (AvgIpc) is 3.07. The van der Waals surface area contributed by atoms with Crippen LogP contribution in [0.1, 0.15) is 50.8 Å². The summed E-state index contributed by atoms with van der Waals surface area (Å²) < 4.78 is 56.6. The Morgan fingerprint density at radius 1 is 0.863 bits per heavy atom. The van der Waals surface area contributed by atoms with Crippen LogP contribution < -0.4 is 14.0 Å². The van der Waals surface area contributed by atoms with E-state index in [1.165, 1.54) is 18.2 Å². The first-order valence-electron chi connectivity index (χ1n) is 15.4. The Morgan fingerprint density at radius 3 is 2.06 bits per heavy atom. The van der Waals surface area contributed by atoms with Crippen molar-refractivity contribution in [3.05, 3.63) is 111 Å². The highest BCUT2D eigenvalue weighted by atomic mass is 35.5. The Kier molecular flexibility index (Phi) is 16.8. The van der Waals surface area contributed by atoms with Gasteiger partial charge in [0.2, 0.25) is 12.0 Å². The number of aromatic nitrogens is 1. The average molecular weight is 802 g/mol. The van der Waals surface area contributed by atoms with Crippen molar-refractivity contribution in [1.29, 1.82) is 5.26 Å². The lowest BCUT2D eigenvalue weighted by Gasteiger charge is -2.22. The third-order valence-electron chi connectivity index (χ3n) is 6.50. The van der Waals surface area contributed by atoms with Crippen LogP contribution in [0.5, 0.6) is 23.1 Å². The van der Waals surface area contributed by atoms with Gasteiger partial charge in [0.15, 0.2) is 5.15 Å². The van der Waals surface area contributed by atoms with E-state index < -0.39 is 31.3 Å². The molecule has 0 saturated carbocycles. The fourth-order valence-corrected chi connectivity index (χ4v) is 6.97. The number of hydrogen-bond acceptors (Lipinski definition) is 10. The minimum Gasteiger partial charge on any atom is -0.457 e. The summed E-state index contributed by atoms with van der Waals surface area (Å²) in [6, 6.07) is 25.2. The molecule has 2 atom stereocenters. The second-order valence-corrected chi connectivity index (χ2v) is 14.6. The largest absolute Gasteiger partial charge is 0.457 e. The van der Waals surface area contributed by atoms with Crippen molar-refractivity contribution in [2.45, 2.75) is 46.3 Å². The van der Waals surface area contributed by atoms with Crippen molar-refractivity contribution in [2.75, 3.05) is 13.2 Å². The molecule has 0 spiro atoms. The third-order valence-corrected chi connectivity index (χ3v) is 9.85. The quantitative estimate of drug-likeness (QED) is 0.0654. The molecular weight excluding hydrogens is 768 g/mol. The Labute approximate surface area is 315 Å². The van der Waals surface area contributed by atoms with E-state index in [0.29, 0.717) is 35.8 Å². The molecule has 1 unspecified atom stereocenters. The van der Waals surface area contributed by atoms with Crippen LogP contribution >= 0.6 is 41.5 Å². The molecule has 0 radical (unpaired) electrons. The van der Waals surface area contributed by atoms with E-state index in [2.05, 4.69) is 9.72 Å². The molecule has 1 heterocycles. The molecule has 4 aromatic rings. The number of hydrogen-bond donors (Lipinski definition) is 0. The predicted molar refractivity (Wildman–Crippen MR) is 195 cm³/mol. The van der Waals surface area contributed by atoms with Gasteiger partial charge in [-0.05, 0) is 67.8 Å². The zero-order chi connectivity index (χ0) is 37.6. The van der Waals surface area contributed by atoms with Crippen LogP contribution in [0.4, 0.5) is 8.78 Å². The number of para-hydroxylation sites is 1. The number of carbonyl (C=O) groups excluding carboxylic acids is 1. The molecule has 1 aromatic heterocycles. The number of nitrogens with zero attached hydrogens (tertiary/aromatic N) is 2. The van der Waals surface area contributed by atoms with E-state index in [0.717, 1.165) is 0 Å². The van der Waals surface area contributed by atoms with Gasteiger partial charge in [0.05, 0.1) is 24.2 Å². The van der Waals surface area contributed by atoms with Crippen LogP contribution in [0, 0.1) is 17.2 Å². The molecule has 0 aliphatic heterocycles. The molecule has 3 aromatic carbocycles. The van der Waals surface area contributed by atoms with Gasteiger partial charge >= 0.3 is 19.3 Å². The number of alkyl halides is 2. The highest BCUT2D eigenvalue weighted by Crippen LogP contribution is 2.51. The van der Waals surface area contributed by atoms with Gasteiger partial charge < -0.3 is 18.7 Å². The number of halogens is 5. The Morgan fingerprint density at radius 2 is 1.49 bits per heavy atom.